The van der Waals surface area contributed by atoms with Gasteiger partial charge in [-0.1, -0.05) is 18.2 Å². The van der Waals surface area contributed by atoms with Crippen molar-refractivity contribution in [3.8, 4) is 28.5 Å². The predicted molar refractivity (Wildman–Crippen MR) is 117 cm³/mol. The quantitative estimate of drug-likeness (QED) is 0.242. The van der Waals surface area contributed by atoms with E-state index in [-0.39, 0.29) is 18.0 Å². The molecule has 2 aromatic carbocycles. The van der Waals surface area contributed by atoms with Crippen LogP contribution in [0.25, 0.3) is 11.3 Å². The van der Waals surface area contributed by atoms with Gasteiger partial charge in [0, 0.05) is 10.9 Å². The van der Waals surface area contributed by atoms with E-state index < -0.39 is 4.92 Å². The highest BCUT2D eigenvalue weighted by atomic mass is 32.1. The van der Waals surface area contributed by atoms with Crippen molar-refractivity contribution < 1.29 is 19.1 Å². The van der Waals surface area contributed by atoms with E-state index in [1.54, 1.807) is 23.9 Å². The van der Waals surface area contributed by atoms with Crippen LogP contribution in [0.3, 0.4) is 0 Å². The molecule has 0 amide bonds. The fourth-order valence-electron chi connectivity index (χ4n) is 3.03. The maximum Gasteiger partial charge on any atom is 0.282 e. The molecule has 158 valence electrons. The fraction of sp³-hybridized carbons (Fsp3) is 0.143. The first kappa shape index (κ1) is 20.4. The molecule has 1 aliphatic rings. The number of hydrogen-bond acceptors (Lipinski definition) is 8. The Balaban J connectivity index is 1.85. The van der Waals surface area contributed by atoms with E-state index in [4.69, 9.17) is 14.2 Å². The van der Waals surface area contributed by atoms with Gasteiger partial charge in [-0.2, -0.15) is 5.10 Å². The Labute approximate surface area is 181 Å². The summed E-state index contributed by atoms with van der Waals surface area (Å²) >= 11 is 1.40. The zero-order valence-electron chi connectivity index (χ0n) is 16.6. The normalized spacial score (nSPS) is 13.0. The van der Waals surface area contributed by atoms with Crippen molar-refractivity contribution in [3.63, 3.8) is 0 Å². The molecule has 0 atom stereocenters. The van der Waals surface area contributed by atoms with Crippen LogP contribution in [0.15, 0.2) is 64.5 Å². The lowest BCUT2D eigenvalue weighted by molar-refractivity contribution is -0.385. The maximum absolute atomic E-state index is 11.6. The SMILES string of the molecule is C=CCN=c1scc(-c2ccccc2OC)n1N=Cc1cc2c(cc1[N+](=O)[O-])OCO2. The van der Waals surface area contributed by atoms with E-state index in [2.05, 4.69) is 16.7 Å². The Morgan fingerprint density at radius 2 is 2.10 bits per heavy atom. The van der Waals surface area contributed by atoms with E-state index in [1.807, 2.05) is 29.6 Å². The first-order valence-corrected chi connectivity index (χ1v) is 10.1. The van der Waals surface area contributed by atoms with Gasteiger partial charge < -0.3 is 14.2 Å². The van der Waals surface area contributed by atoms with Gasteiger partial charge in [0.1, 0.15) is 5.75 Å². The Morgan fingerprint density at radius 1 is 1.32 bits per heavy atom. The van der Waals surface area contributed by atoms with Crippen LogP contribution in [-0.2, 0) is 0 Å². The molecular weight excluding hydrogens is 420 g/mol. The van der Waals surface area contributed by atoms with Gasteiger partial charge in [0.05, 0.1) is 42.1 Å². The number of fused-ring (bicyclic) bond motifs is 1. The molecule has 0 spiro atoms. The topological polar surface area (TPSA) is 100 Å². The molecule has 4 rings (SSSR count). The highest BCUT2D eigenvalue weighted by Gasteiger charge is 2.22. The second-order valence-corrected chi connectivity index (χ2v) is 7.15. The standard InChI is InChI=1S/C21H18N4O5S/c1-3-8-22-21-24(17(12-31-21)15-6-4-5-7-18(15)28-2)23-11-14-9-19-20(30-13-29-19)10-16(14)25(26)27/h3-7,9-12H,1,8,13H2,2H3. The third-order valence-corrected chi connectivity index (χ3v) is 5.31. The van der Waals surface area contributed by atoms with Crippen LogP contribution in [0.1, 0.15) is 5.56 Å². The number of rotatable bonds is 7. The van der Waals surface area contributed by atoms with Gasteiger partial charge in [-0.15, -0.1) is 17.9 Å². The molecule has 2 heterocycles. The number of nitro groups is 1. The monoisotopic (exact) mass is 438 g/mol. The van der Waals surface area contributed by atoms with Gasteiger partial charge in [-0.05, 0) is 18.2 Å². The van der Waals surface area contributed by atoms with Crippen molar-refractivity contribution in [2.24, 2.45) is 10.1 Å². The molecule has 0 bridgehead atoms. The third-order valence-electron chi connectivity index (χ3n) is 4.45. The molecule has 10 heteroatoms. The van der Waals surface area contributed by atoms with Crippen molar-refractivity contribution in [3.05, 3.63) is 74.9 Å². The van der Waals surface area contributed by atoms with Gasteiger partial charge in [0.15, 0.2) is 11.5 Å². The Bertz CT molecular complexity index is 1240. The van der Waals surface area contributed by atoms with Gasteiger partial charge in [0.25, 0.3) is 5.69 Å². The second-order valence-electron chi connectivity index (χ2n) is 6.31. The van der Waals surface area contributed by atoms with Crippen molar-refractivity contribution in [1.29, 1.82) is 0 Å². The van der Waals surface area contributed by atoms with Crippen LogP contribution in [-0.4, -0.2) is 36.3 Å². The van der Waals surface area contributed by atoms with E-state index in [9.17, 15) is 10.1 Å². The molecule has 9 nitrogen and oxygen atoms in total. The average Bonchev–Trinajstić information content (AvgIpc) is 3.41. The number of hydrogen-bond donors (Lipinski definition) is 0. The van der Waals surface area contributed by atoms with Gasteiger partial charge in [0.2, 0.25) is 11.6 Å². The zero-order chi connectivity index (χ0) is 21.8. The molecule has 31 heavy (non-hydrogen) atoms. The van der Waals surface area contributed by atoms with Gasteiger partial charge >= 0.3 is 0 Å². The summed E-state index contributed by atoms with van der Waals surface area (Å²) < 4.78 is 17.7. The minimum atomic E-state index is -0.480. The molecule has 0 saturated carbocycles. The van der Waals surface area contributed by atoms with Crippen LogP contribution in [0.2, 0.25) is 0 Å². The molecule has 0 saturated heterocycles. The minimum absolute atomic E-state index is 0.0227. The Hall–Kier alpha value is -3.92. The number of aromatic nitrogens is 1. The molecule has 0 unspecified atom stereocenters. The van der Waals surface area contributed by atoms with E-state index in [0.717, 1.165) is 11.3 Å². The van der Waals surface area contributed by atoms with E-state index in [0.29, 0.717) is 28.6 Å². The van der Waals surface area contributed by atoms with Crippen LogP contribution >= 0.6 is 11.3 Å². The number of para-hydroxylation sites is 1. The van der Waals surface area contributed by atoms with Crippen molar-refractivity contribution >= 4 is 23.2 Å². The first-order valence-electron chi connectivity index (χ1n) is 9.20. The summed E-state index contributed by atoms with van der Waals surface area (Å²) in [4.78, 5) is 16.2. The second kappa shape index (κ2) is 8.84. The Morgan fingerprint density at radius 3 is 2.84 bits per heavy atom. The summed E-state index contributed by atoms with van der Waals surface area (Å²) in [6.45, 7) is 4.13. The van der Waals surface area contributed by atoms with E-state index >= 15 is 0 Å². The molecule has 3 aromatic rings. The molecule has 0 fully saturated rings. The van der Waals surface area contributed by atoms with Crippen molar-refractivity contribution in [1.82, 2.24) is 4.68 Å². The lowest BCUT2D eigenvalue weighted by atomic mass is 10.1. The van der Waals surface area contributed by atoms with Crippen LogP contribution in [0.4, 0.5) is 5.69 Å². The summed E-state index contributed by atoms with van der Waals surface area (Å²) in [5, 5.41) is 18.0. The first-order chi connectivity index (χ1) is 15.1. The summed E-state index contributed by atoms with van der Waals surface area (Å²) in [6.07, 6.45) is 3.10. The average molecular weight is 438 g/mol. The molecule has 0 N–H and O–H groups in total. The number of ether oxygens (including phenoxy) is 3. The number of nitro benzene ring substituents is 1. The fourth-order valence-corrected chi connectivity index (χ4v) is 3.87. The van der Waals surface area contributed by atoms with Crippen LogP contribution in [0.5, 0.6) is 17.2 Å². The maximum atomic E-state index is 11.6. The summed E-state index contributed by atoms with van der Waals surface area (Å²) in [5.41, 5.74) is 1.71. The molecular formula is C21H18N4O5S. The summed E-state index contributed by atoms with van der Waals surface area (Å²) in [6, 6.07) is 10.4. The Kier molecular flexibility index (Phi) is 5.80. The number of benzene rings is 2. The van der Waals surface area contributed by atoms with Crippen molar-refractivity contribution in [2.45, 2.75) is 0 Å². The highest BCUT2D eigenvalue weighted by molar-refractivity contribution is 7.07. The van der Waals surface area contributed by atoms with Gasteiger partial charge in [-0.25, -0.2) is 4.68 Å². The van der Waals surface area contributed by atoms with Crippen molar-refractivity contribution in [2.75, 3.05) is 20.4 Å². The zero-order valence-corrected chi connectivity index (χ0v) is 17.4. The number of thiazole rings is 1. The van der Waals surface area contributed by atoms with E-state index in [1.165, 1.54) is 23.6 Å². The predicted octanol–water partition coefficient (Wildman–Crippen LogP) is 3.83. The molecule has 0 aliphatic carbocycles. The smallest absolute Gasteiger partial charge is 0.282 e. The third kappa shape index (κ3) is 4.05. The number of nitrogens with zero attached hydrogens (tertiary/aromatic N) is 4. The van der Waals surface area contributed by atoms with Crippen LogP contribution in [0, 0.1) is 10.1 Å². The van der Waals surface area contributed by atoms with Crippen LogP contribution < -0.4 is 19.0 Å². The summed E-state index contributed by atoms with van der Waals surface area (Å²) in [5.74, 6) is 1.45. The molecule has 1 aliphatic heterocycles. The lowest BCUT2D eigenvalue weighted by Gasteiger charge is -2.08. The molecule has 0 radical (unpaired) electrons. The molecule has 1 aromatic heterocycles. The minimum Gasteiger partial charge on any atom is -0.496 e. The highest BCUT2D eigenvalue weighted by Crippen LogP contribution is 2.37. The summed E-state index contributed by atoms with van der Waals surface area (Å²) in [7, 11) is 1.60. The number of methoxy groups -OCH3 is 1. The lowest BCUT2D eigenvalue weighted by Crippen LogP contribution is -2.13. The largest absolute Gasteiger partial charge is 0.496 e. The van der Waals surface area contributed by atoms with Gasteiger partial charge in [-0.3, -0.25) is 15.1 Å².